The number of amides is 2. The molecule has 0 bridgehead atoms. The van der Waals surface area contributed by atoms with Gasteiger partial charge in [-0.1, -0.05) is 48.5 Å². The first kappa shape index (κ1) is 27.0. The molecule has 0 saturated carbocycles. The van der Waals surface area contributed by atoms with E-state index in [1.807, 2.05) is 57.2 Å². The number of piperidine rings is 1. The highest BCUT2D eigenvalue weighted by molar-refractivity contribution is 5.82. The van der Waals surface area contributed by atoms with Crippen molar-refractivity contribution in [2.45, 2.75) is 69.8 Å². The van der Waals surface area contributed by atoms with E-state index in [-0.39, 0.29) is 37.7 Å². The minimum absolute atomic E-state index is 0.102. The van der Waals surface area contributed by atoms with Gasteiger partial charge >= 0.3 is 18.2 Å². The lowest BCUT2D eigenvalue weighted by Gasteiger charge is -2.34. The van der Waals surface area contributed by atoms with Crippen molar-refractivity contribution < 1.29 is 33.7 Å². The van der Waals surface area contributed by atoms with Gasteiger partial charge in [0.05, 0.1) is 18.8 Å². The first-order chi connectivity index (χ1) is 18.6. The first-order valence-corrected chi connectivity index (χ1v) is 13.6. The van der Waals surface area contributed by atoms with Crippen molar-refractivity contribution in [3.63, 3.8) is 0 Å². The molecule has 3 aliphatic rings. The monoisotopic (exact) mass is 536 g/mol. The van der Waals surface area contributed by atoms with E-state index in [2.05, 4.69) is 12.1 Å². The van der Waals surface area contributed by atoms with Crippen LogP contribution in [0.1, 0.15) is 57.1 Å². The first-order valence-electron chi connectivity index (χ1n) is 13.6. The zero-order valence-corrected chi connectivity index (χ0v) is 22.7. The molecule has 39 heavy (non-hydrogen) atoms. The molecule has 208 valence electrons. The van der Waals surface area contributed by atoms with Crippen LogP contribution in [0.4, 0.5) is 9.59 Å². The second-order valence-corrected chi connectivity index (χ2v) is 11.5. The summed E-state index contributed by atoms with van der Waals surface area (Å²) in [6, 6.07) is 15.1. The Labute approximate surface area is 228 Å². The molecular formula is C30H36N2O7. The molecule has 0 unspecified atom stereocenters. The van der Waals surface area contributed by atoms with Gasteiger partial charge in [0.1, 0.15) is 18.2 Å². The number of benzene rings is 2. The van der Waals surface area contributed by atoms with E-state index >= 15 is 0 Å². The minimum Gasteiger partial charge on any atom is -0.480 e. The number of carbonyl (C=O) groups excluding carboxylic acids is 2. The van der Waals surface area contributed by atoms with Gasteiger partial charge in [0.15, 0.2) is 0 Å². The molecule has 2 amide bonds. The second-order valence-electron chi connectivity index (χ2n) is 11.5. The third kappa shape index (κ3) is 5.88. The van der Waals surface area contributed by atoms with Crippen molar-refractivity contribution in [1.82, 2.24) is 9.80 Å². The summed E-state index contributed by atoms with van der Waals surface area (Å²) in [5, 5.41) is 9.82. The van der Waals surface area contributed by atoms with Crippen LogP contribution in [0.15, 0.2) is 48.5 Å². The number of carboxylic acids is 1. The molecule has 1 N–H and O–H groups in total. The largest absolute Gasteiger partial charge is 0.480 e. The van der Waals surface area contributed by atoms with Crippen molar-refractivity contribution in [1.29, 1.82) is 0 Å². The van der Waals surface area contributed by atoms with Crippen LogP contribution in [0.2, 0.25) is 0 Å². The average Bonchev–Trinajstić information content (AvgIpc) is 3.46. The normalized spacial score (nSPS) is 21.4. The lowest BCUT2D eigenvalue weighted by atomic mass is 9.98. The van der Waals surface area contributed by atoms with Gasteiger partial charge in [-0.15, -0.1) is 0 Å². The Balaban J connectivity index is 1.17. The number of hydrogen-bond acceptors (Lipinski definition) is 6. The molecule has 1 aliphatic carbocycles. The second kappa shape index (κ2) is 10.9. The van der Waals surface area contributed by atoms with Crippen molar-refractivity contribution in [3.8, 4) is 11.1 Å². The number of aliphatic carboxylic acids is 1. The fourth-order valence-electron chi connectivity index (χ4n) is 5.78. The van der Waals surface area contributed by atoms with Gasteiger partial charge in [-0.3, -0.25) is 4.90 Å². The van der Waals surface area contributed by atoms with E-state index < -0.39 is 29.8 Å². The lowest BCUT2D eigenvalue weighted by molar-refractivity contribution is -0.141. The summed E-state index contributed by atoms with van der Waals surface area (Å²) in [5.41, 5.74) is 3.90. The van der Waals surface area contributed by atoms with Gasteiger partial charge in [-0.25, -0.2) is 14.4 Å². The van der Waals surface area contributed by atoms with Crippen LogP contribution >= 0.6 is 0 Å². The fraction of sp³-hybridized carbons (Fsp3) is 0.500. The van der Waals surface area contributed by atoms with Crippen LogP contribution in [0.5, 0.6) is 0 Å². The van der Waals surface area contributed by atoms with E-state index in [0.717, 1.165) is 22.3 Å². The number of rotatable bonds is 5. The SMILES string of the molecule is CC(C)(C)OC(=O)N1CCC(O[C@H]2C[C@@H](C(=O)O)N(C(=O)OCC3c4ccccc4-c4ccccc43)C2)CC1. The van der Waals surface area contributed by atoms with Gasteiger partial charge in [0, 0.05) is 25.4 Å². The molecule has 2 aromatic rings. The predicted octanol–water partition coefficient (Wildman–Crippen LogP) is 4.88. The highest BCUT2D eigenvalue weighted by Gasteiger charge is 2.43. The van der Waals surface area contributed by atoms with Crippen LogP contribution in [0.25, 0.3) is 11.1 Å². The highest BCUT2D eigenvalue weighted by atomic mass is 16.6. The van der Waals surface area contributed by atoms with Gasteiger partial charge < -0.3 is 24.2 Å². The average molecular weight is 537 g/mol. The minimum atomic E-state index is -1.07. The summed E-state index contributed by atoms with van der Waals surface area (Å²) < 4.78 is 17.4. The Hall–Kier alpha value is -3.59. The number of carboxylic acid groups (broad SMARTS) is 1. The Morgan fingerprint density at radius 2 is 1.49 bits per heavy atom. The standard InChI is InChI=1S/C30H36N2O7/c1-30(2,3)39-28(35)31-14-12-19(13-15-31)38-20-16-26(27(33)34)32(17-20)29(36)37-18-25-23-10-6-4-8-21(23)22-9-5-7-11-24(22)25/h4-11,19-20,25-26H,12-18H2,1-3H3,(H,33,34)/t20-,26-/m0/s1. The molecule has 9 heteroatoms. The molecule has 2 heterocycles. The Morgan fingerprint density at radius 3 is 2.05 bits per heavy atom. The molecule has 2 aliphatic heterocycles. The maximum absolute atomic E-state index is 13.1. The van der Waals surface area contributed by atoms with Crippen LogP contribution in [0, 0.1) is 0 Å². The van der Waals surface area contributed by atoms with Crippen molar-refractivity contribution in [2.24, 2.45) is 0 Å². The number of likely N-dealkylation sites (tertiary alicyclic amines) is 2. The molecule has 2 fully saturated rings. The molecule has 0 radical (unpaired) electrons. The van der Waals surface area contributed by atoms with Gasteiger partial charge in [-0.05, 0) is 55.9 Å². The Bertz CT molecular complexity index is 1190. The summed E-state index contributed by atoms with van der Waals surface area (Å²) >= 11 is 0. The summed E-state index contributed by atoms with van der Waals surface area (Å²) in [6.07, 6.45) is -0.0672. The van der Waals surface area contributed by atoms with E-state index in [0.29, 0.717) is 25.9 Å². The quantitative estimate of drug-likeness (QED) is 0.581. The molecule has 2 aromatic carbocycles. The van der Waals surface area contributed by atoms with Crippen LogP contribution in [-0.4, -0.2) is 83.2 Å². The van der Waals surface area contributed by atoms with Gasteiger partial charge in [0.2, 0.25) is 0 Å². The number of hydrogen-bond donors (Lipinski definition) is 1. The number of fused-ring (bicyclic) bond motifs is 3. The highest BCUT2D eigenvalue weighted by Crippen LogP contribution is 2.44. The number of ether oxygens (including phenoxy) is 3. The van der Waals surface area contributed by atoms with E-state index in [1.165, 1.54) is 4.90 Å². The number of nitrogens with zero attached hydrogens (tertiary/aromatic N) is 2. The maximum atomic E-state index is 13.1. The fourth-order valence-corrected chi connectivity index (χ4v) is 5.78. The van der Waals surface area contributed by atoms with Crippen LogP contribution in [0.3, 0.4) is 0 Å². The smallest absolute Gasteiger partial charge is 0.410 e. The van der Waals surface area contributed by atoms with E-state index in [4.69, 9.17) is 14.2 Å². The molecule has 0 aromatic heterocycles. The molecule has 0 spiro atoms. The molecule has 5 rings (SSSR count). The summed E-state index contributed by atoms with van der Waals surface area (Å²) in [6.45, 7) is 6.80. The molecule has 2 atom stereocenters. The Kier molecular flexibility index (Phi) is 7.53. The number of carbonyl (C=O) groups is 3. The van der Waals surface area contributed by atoms with E-state index in [9.17, 15) is 19.5 Å². The third-order valence-electron chi connectivity index (χ3n) is 7.60. The zero-order valence-electron chi connectivity index (χ0n) is 22.7. The summed E-state index contributed by atoms with van der Waals surface area (Å²) in [5.74, 6) is -1.18. The van der Waals surface area contributed by atoms with Crippen molar-refractivity contribution in [2.75, 3.05) is 26.2 Å². The van der Waals surface area contributed by atoms with Crippen LogP contribution < -0.4 is 0 Å². The van der Waals surface area contributed by atoms with Gasteiger partial charge in [0.25, 0.3) is 0 Å². The summed E-state index contributed by atoms with van der Waals surface area (Å²) in [4.78, 5) is 40.4. The van der Waals surface area contributed by atoms with E-state index in [1.54, 1.807) is 4.90 Å². The van der Waals surface area contributed by atoms with Crippen LogP contribution in [-0.2, 0) is 19.0 Å². The third-order valence-corrected chi connectivity index (χ3v) is 7.60. The maximum Gasteiger partial charge on any atom is 0.410 e. The zero-order chi connectivity index (χ0) is 27.7. The molecule has 2 saturated heterocycles. The Morgan fingerprint density at radius 1 is 0.897 bits per heavy atom. The molecular weight excluding hydrogens is 500 g/mol. The molecule has 9 nitrogen and oxygen atoms in total. The lowest BCUT2D eigenvalue weighted by Crippen LogP contribution is -2.44. The van der Waals surface area contributed by atoms with Crippen molar-refractivity contribution in [3.05, 3.63) is 59.7 Å². The topological polar surface area (TPSA) is 106 Å². The predicted molar refractivity (Wildman–Crippen MR) is 144 cm³/mol. The van der Waals surface area contributed by atoms with Gasteiger partial charge in [-0.2, -0.15) is 0 Å². The van der Waals surface area contributed by atoms with Crippen molar-refractivity contribution >= 4 is 18.2 Å². The summed E-state index contributed by atoms with van der Waals surface area (Å²) in [7, 11) is 0.